The molecule has 7 nitrogen and oxygen atoms in total. The molecule has 0 spiro atoms. The second kappa shape index (κ2) is 10.4. The molecule has 0 aliphatic carbocycles. The number of imidazole rings is 1. The van der Waals surface area contributed by atoms with E-state index in [1.807, 2.05) is 48.1 Å². The van der Waals surface area contributed by atoms with Crippen LogP contribution in [-0.4, -0.2) is 49.8 Å². The second-order valence-corrected chi connectivity index (χ2v) is 10.00. The summed E-state index contributed by atoms with van der Waals surface area (Å²) in [6.45, 7) is 2.11. The van der Waals surface area contributed by atoms with E-state index in [9.17, 15) is 13.6 Å². The number of nitrogens with one attached hydrogen (secondary N) is 1. The Morgan fingerprint density at radius 2 is 1.79 bits per heavy atom. The van der Waals surface area contributed by atoms with Gasteiger partial charge in [0.1, 0.15) is 18.0 Å². The SMILES string of the molecule is Cn1cc(-c2ccc3c(c2)ncn3-c2cc(NC(=O)CN3CCCCC3)cc(-c3ccc(F)cc3F)c2)cn1. The summed E-state index contributed by atoms with van der Waals surface area (Å²) >= 11 is 0. The van der Waals surface area contributed by atoms with Gasteiger partial charge in [0.15, 0.2) is 0 Å². The molecule has 9 heteroatoms. The first-order valence-corrected chi connectivity index (χ1v) is 13.0. The molecule has 2 aromatic heterocycles. The molecular weight excluding hydrogens is 498 g/mol. The molecule has 1 N–H and O–H groups in total. The van der Waals surface area contributed by atoms with Gasteiger partial charge in [-0.15, -0.1) is 0 Å². The topological polar surface area (TPSA) is 68.0 Å². The predicted molar refractivity (Wildman–Crippen MR) is 148 cm³/mol. The van der Waals surface area contributed by atoms with Crippen molar-refractivity contribution in [3.63, 3.8) is 0 Å². The van der Waals surface area contributed by atoms with Gasteiger partial charge in [-0.2, -0.15) is 5.10 Å². The van der Waals surface area contributed by atoms with Gasteiger partial charge >= 0.3 is 0 Å². The van der Waals surface area contributed by atoms with E-state index in [0.29, 0.717) is 23.5 Å². The van der Waals surface area contributed by atoms with Gasteiger partial charge in [0.05, 0.1) is 23.8 Å². The van der Waals surface area contributed by atoms with Crippen LogP contribution >= 0.6 is 0 Å². The Labute approximate surface area is 224 Å². The normalized spacial score (nSPS) is 14.1. The number of rotatable bonds is 6. The van der Waals surface area contributed by atoms with Crippen LogP contribution in [0, 0.1) is 11.6 Å². The third kappa shape index (κ3) is 5.31. The molecule has 1 saturated heterocycles. The highest BCUT2D eigenvalue weighted by molar-refractivity contribution is 5.94. The van der Waals surface area contributed by atoms with Crippen molar-refractivity contribution < 1.29 is 13.6 Å². The van der Waals surface area contributed by atoms with E-state index in [-0.39, 0.29) is 11.5 Å². The zero-order chi connectivity index (χ0) is 26.9. The molecule has 1 amide bonds. The van der Waals surface area contributed by atoms with Crippen LogP contribution in [0.5, 0.6) is 0 Å². The number of piperidine rings is 1. The van der Waals surface area contributed by atoms with Crippen molar-refractivity contribution in [2.75, 3.05) is 25.0 Å². The second-order valence-electron chi connectivity index (χ2n) is 10.00. The van der Waals surface area contributed by atoms with Gasteiger partial charge in [-0.3, -0.25) is 18.9 Å². The molecule has 0 atom stereocenters. The van der Waals surface area contributed by atoms with Gasteiger partial charge in [0.2, 0.25) is 5.91 Å². The number of nitrogens with zero attached hydrogens (tertiary/aromatic N) is 5. The Morgan fingerprint density at radius 1 is 0.949 bits per heavy atom. The fourth-order valence-corrected chi connectivity index (χ4v) is 5.19. The monoisotopic (exact) mass is 526 g/mol. The first-order chi connectivity index (χ1) is 18.9. The smallest absolute Gasteiger partial charge is 0.238 e. The summed E-state index contributed by atoms with van der Waals surface area (Å²) in [4.78, 5) is 19.7. The van der Waals surface area contributed by atoms with Gasteiger partial charge < -0.3 is 5.32 Å². The lowest BCUT2D eigenvalue weighted by Gasteiger charge is -2.25. The number of fused-ring (bicyclic) bond motifs is 1. The van der Waals surface area contributed by atoms with Crippen LogP contribution in [-0.2, 0) is 11.8 Å². The van der Waals surface area contributed by atoms with Gasteiger partial charge in [0, 0.05) is 41.8 Å². The van der Waals surface area contributed by atoms with Gasteiger partial charge in [0.25, 0.3) is 0 Å². The van der Waals surface area contributed by atoms with Crippen LogP contribution in [0.1, 0.15) is 19.3 Å². The zero-order valence-corrected chi connectivity index (χ0v) is 21.6. The van der Waals surface area contributed by atoms with E-state index in [0.717, 1.165) is 54.2 Å². The van der Waals surface area contributed by atoms with Crippen molar-refractivity contribution in [3.05, 3.63) is 85.0 Å². The van der Waals surface area contributed by atoms with Crippen molar-refractivity contribution in [1.82, 2.24) is 24.2 Å². The number of aromatic nitrogens is 4. The van der Waals surface area contributed by atoms with Crippen LogP contribution in [0.3, 0.4) is 0 Å². The average Bonchev–Trinajstić information content (AvgIpc) is 3.55. The average molecular weight is 527 g/mol. The van der Waals surface area contributed by atoms with Crippen molar-refractivity contribution in [2.45, 2.75) is 19.3 Å². The minimum atomic E-state index is -0.672. The molecule has 1 fully saturated rings. The Morgan fingerprint density at radius 3 is 2.56 bits per heavy atom. The Balaban J connectivity index is 1.38. The van der Waals surface area contributed by atoms with Crippen LogP contribution in [0.2, 0.25) is 0 Å². The largest absolute Gasteiger partial charge is 0.325 e. The molecule has 198 valence electrons. The number of carbonyl (C=O) groups is 1. The molecule has 1 aliphatic heterocycles. The lowest BCUT2D eigenvalue weighted by molar-refractivity contribution is -0.117. The number of hydrogen-bond acceptors (Lipinski definition) is 4. The van der Waals surface area contributed by atoms with E-state index in [4.69, 9.17) is 0 Å². The maximum atomic E-state index is 14.8. The predicted octanol–water partition coefficient (Wildman–Crippen LogP) is 5.80. The van der Waals surface area contributed by atoms with Crippen LogP contribution in [0.25, 0.3) is 39.0 Å². The van der Waals surface area contributed by atoms with Crippen LogP contribution < -0.4 is 5.32 Å². The van der Waals surface area contributed by atoms with Crippen molar-refractivity contribution >= 4 is 22.6 Å². The van der Waals surface area contributed by atoms with Gasteiger partial charge in [-0.05, 0) is 79.5 Å². The molecule has 1 aliphatic rings. The first kappa shape index (κ1) is 24.9. The van der Waals surface area contributed by atoms with Crippen LogP contribution in [0.4, 0.5) is 14.5 Å². The minimum Gasteiger partial charge on any atom is -0.325 e. The Kier molecular flexibility index (Phi) is 6.66. The van der Waals surface area contributed by atoms with E-state index in [1.165, 1.54) is 18.6 Å². The standard InChI is InChI=1S/C30H28F2N6O/c1-36-17-22(16-34-36)20-5-8-29-28(13-20)33-19-38(29)25-12-21(26-7-6-23(31)14-27(26)32)11-24(15-25)35-30(39)18-37-9-3-2-4-10-37/h5-8,11-17,19H,2-4,9-10,18H2,1H3,(H,35,39). The van der Waals surface area contributed by atoms with Gasteiger partial charge in [-0.1, -0.05) is 12.5 Å². The summed E-state index contributed by atoms with van der Waals surface area (Å²) in [5.41, 5.74) is 5.61. The molecule has 39 heavy (non-hydrogen) atoms. The van der Waals surface area contributed by atoms with E-state index >= 15 is 0 Å². The minimum absolute atomic E-state index is 0.129. The lowest BCUT2D eigenvalue weighted by atomic mass is 10.0. The number of amides is 1. The molecule has 0 radical (unpaired) electrons. The summed E-state index contributed by atoms with van der Waals surface area (Å²) in [5.74, 6) is -1.45. The number of hydrogen-bond donors (Lipinski definition) is 1. The highest BCUT2D eigenvalue weighted by Gasteiger charge is 2.17. The summed E-state index contributed by atoms with van der Waals surface area (Å²) in [6, 6.07) is 14.8. The van der Waals surface area contributed by atoms with Gasteiger partial charge in [-0.25, -0.2) is 13.8 Å². The first-order valence-electron chi connectivity index (χ1n) is 13.0. The summed E-state index contributed by atoms with van der Waals surface area (Å²) in [5, 5.41) is 7.24. The Hall–Kier alpha value is -4.37. The highest BCUT2D eigenvalue weighted by Crippen LogP contribution is 2.31. The zero-order valence-electron chi connectivity index (χ0n) is 21.6. The number of carbonyl (C=O) groups excluding carboxylic acids is 1. The quantitative estimate of drug-likeness (QED) is 0.304. The fourth-order valence-electron chi connectivity index (χ4n) is 5.19. The number of aryl methyl sites for hydroxylation is 1. The van der Waals surface area contributed by atoms with Crippen molar-refractivity contribution in [3.8, 4) is 27.9 Å². The number of likely N-dealkylation sites (tertiary alicyclic amines) is 1. The number of anilines is 1. The van der Waals surface area contributed by atoms with E-state index < -0.39 is 11.6 Å². The molecule has 3 heterocycles. The molecule has 3 aromatic carbocycles. The van der Waals surface area contributed by atoms with E-state index in [2.05, 4.69) is 20.3 Å². The fraction of sp³-hybridized carbons (Fsp3) is 0.233. The summed E-state index contributed by atoms with van der Waals surface area (Å²) in [6.07, 6.45) is 8.82. The van der Waals surface area contributed by atoms with E-state index in [1.54, 1.807) is 23.3 Å². The molecule has 0 saturated carbocycles. The maximum Gasteiger partial charge on any atom is 0.238 e. The van der Waals surface area contributed by atoms with Crippen molar-refractivity contribution in [1.29, 1.82) is 0 Å². The highest BCUT2D eigenvalue weighted by atomic mass is 19.1. The van der Waals surface area contributed by atoms with Crippen LogP contribution in [0.15, 0.2) is 73.3 Å². The molecular formula is C30H28F2N6O. The summed E-state index contributed by atoms with van der Waals surface area (Å²) in [7, 11) is 1.87. The third-order valence-corrected chi connectivity index (χ3v) is 7.12. The molecule has 5 aromatic rings. The summed E-state index contributed by atoms with van der Waals surface area (Å²) < 4.78 is 32.1. The Bertz CT molecular complexity index is 1670. The van der Waals surface area contributed by atoms with Crippen molar-refractivity contribution in [2.24, 2.45) is 7.05 Å². The molecule has 6 rings (SSSR count). The lowest BCUT2D eigenvalue weighted by Crippen LogP contribution is -2.36. The number of halogens is 2. The molecule has 0 unspecified atom stereocenters. The number of benzene rings is 3. The maximum absolute atomic E-state index is 14.8. The molecule has 0 bridgehead atoms. The third-order valence-electron chi connectivity index (χ3n) is 7.12.